The van der Waals surface area contributed by atoms with Crippen LogP contribution in [0.3, 0.4) is 0 Å². The van der Waals surface area contributed by atoms with Crippen LogP contribution < -0.4 is 0 Å². The number of aryl methyl sites for hydroxylation is 6. The van der Waals surface area contributed by atoms with E-state index in [9.17, 15) is 0 Å². The van der Waals surface area contributed by atoms with Gasteiger partial charge in [-0.25, -0.2) is 15.3 Å². The maximum absolute atomic E-state index is 4.82. The van der Waals surface area contributed by atoms with E-state index in [1.807, 2.05) is 20.8 Å². The molecule has 2 aliphatic carbocycles. The van der Waals surface area contributed by atoms with Crippen LogP contribution in [0.25, 0.3) is 9.96 Å². The quantitative estimate of drug-likeness (QED) is 0.136. The van der Waals surface area contributed by atoms with Crippen LogP contribution in [0.1, 0.15) is 105 Å². The number of amidine groups is 1. The van der Waals surface area contributed by atoms with Crippen LogP contribution >= 0.6 is 0 Å². The van der Waals surface area contributed by atoms with Gasteiger partial charge >= 0.3 is 39.8 Å². The summed E-state index contributed by atoms with van der Waals surface area (Å²) in [7, 11) is -3.47. The maximum Gasteiger partial charge on any atom is 3.00 e. The molecule has 13 heteroatoms. The third-order valence-corrected chi connectivity index (χ3v) is 14.0. The van der Waals surface area contributed by atoms with Gasteiger partial charge in [-0.15, -0.1) is 0 Å². The summed E-state index contributed by atoms with van der Waals surface area (Å²) in [6.45, 7) is 28.2. The Bertz CT molecular complexity index is 1300. The molecular weight excluding hydrogens is 702 g/mol. The summed E-state index contributed by atoms with van der Waals surface area (Å²) in [5.74, 6) is 1.07. The zero-order valence-electron chi connectivity index (χ0n) is 32.8. The molecule has 0 unspecified atom stereocenters. The van der Waals surface area contributed by atoms with E-state index in [0.717, 1.165) is 40.0 Å². The van der Waals surface area contributed by atoms with Crippen LogP contribution in [-0.4, -0.2) is 70.6 Å². The van der Waals surface area contributed by atoms with Gasteiger partial charge in [0, 0.05) is 0 Å². The summed E-state index contributed by atoms with van der Waals surface area (Å²) in [4.78, 5) is 4.78. The zero-order valence-corrected chi connectivity index (χ0v) is 37.6. The fraction of sp³-hybridized carbons (Fsp3) is 0.714. The van der Waals surface area contributed by atoms with Crippen LogP contribution in [0, 0.1) is 41.5 Å². The molecule has 0 aromatic carbocycles. The Kier molecular flexibility index (Phi) is 17.2. The normalized spacial score (nSPS) is 16.5. The zero-order chi connectivity index (χ0) is 34.9. The molecule has 2 saturated carbocycles. The first kappa shape index (κ1) is 42.8. The Morgan fingerprint density at radius 1 is 0.646 bits per heavy atom. The first-order chi connectivity index (χ1) is 21.9. The van der Waals surface area contributed by atoms with Gasteiger partial charge in [0.15, 0.2) is 0 Å². The molecule has 0 radical (unpaired) electrons. The number of hydrogen-bond donors (Lipinski definition) is 0. The summed E-state index contributed by atoms with van der Waals surface area (Å²) in [6, 6.07) is 7.45. The summed E-state index contributed by atoms with van der Waals surface area (Å²) in [5, 5.41) is 18.9. The Labute approximate surface area is 320 Å². The predicted octanol–water partition coefficient (Wildman–Crippen LogP) is 9.26. The van der Waals surface area contributed by atoms with Gasteiger partial charge in [-0.05, 0) is 95.8 Å². The molecule has 0 bridgehead atoms. The van der Waals surface area contributed by atoms with Gasteiger partial charge in [0.05, 0.1) is 17.1 Å². The van der Waals surface area contributed by atoms with E-state index >= 15 is 0 Å². The van der Waals surface area contributed by atoms with Gasteiger partial charge in [0.25, 0.3) is 0 Å². The van der Waals surface area contributed by atoms with Crippen molar-refractivity contribution in [3.8, 4) is 0 Å². The Hall–Kier alpha value is -1.34. The van der Waals surface area contributed by atoms with Crippen molar-refractivity contribution in [3.63, 3.8) is 0 Å². The number of hydrogen-bond acceptors (Lipinski definition) is 4. The van der Waals surface area contributed by atoms with Crippen molar-refractivity contribution in [1.29, 1.82) is 0 Å². The Morgan fingerprint density at radius 2 is 1.00 bits per heavy atom. The topological polar surface area (TPSA) is 94.0 Å². The van der Waals surface area contributed by atoms with Gasteiger partial charge < -0.3 is 28.7 Å². The van der Waals surface area contributed by atoms with Crippen molar-refractivity contribution in [2.24, 2.45) is 4.99 Å². The first-order valence-corrected chi connectivity index (χ1v) is 25.1. The molecule has 3 heterocycles. The maximum atomic E-state index is 4.82. The van der Waals surface area contributed by atoms with Crippen LogP contribution in [0.5, 0.6) is 0 Å². The van der Waals surface area contributed by atoms with E-state index in [0.29, 0.717) is 12.1 Å². The van der Waals surface area contributed by atoms with Crippen LogP contribution in [0.2, 0.25) is 39.3 Å². The molecule has 0 saturated heterocycles. The standard InChI is InChI=1S/C15H22BN6.C14H25N2.C6H18NSi2.Y/c1-10-7-13(4)20(17-10)16(21-14(5)8-11(2)18-21)22-15(6)9-12(3)19-22;1-12(15-13-8-4-2-5-9-13)16-14-10-6-3-7-11-14;1-8(2,3)7-9(4,5)6;/h7-9,16H,1-6H3;13-14H,2-11H2,1H3;1-6H3;/q3*-1;+3. The fourth-order valence-corrected chi connectivity index (χ4v) is 15.3. The molecule has 0 amide bonds. The largest absolute Gasteiger partial charge is 3.00 e. The second kappa shape index (κ2) is 19.3. The molecule has 2 aliphatic rings. The molecule has 9 nitrogen and oxygen atoms in total. The van der Waals surface area contributed by atoms with E-state index in [-0.39, 0.29) is 32.7 Å². The second-order valence-electron chi connectivity index (χ2n) is 16.0. The SMILES string of the molecule is CC(=NC1CCCCC1)[N-]C1CCCCC1.C[Si](C)(C)[N-][Si](C)(C)C.Cc1cc(C)n([BH-](n2nc(C)cc2C)n2nc(C)cc2C)n1.[Y+3]. The minimum atomic E-state index is -1.26. The van der Waals surface area contributed by atoms with E-state index in [4.69, 9.17) is 30.3 Å². The van der Waals surface area contributed by atoms with Crippen molar-refractivity contribution in [2.45, 2.75) is 164 Å². The Morgan fingerprint density at radius 3 is 1.29 bits per heavy atom. The minimum Gasteiger partial charge on any atom is -0.668 e. The average molecular weight is 768 g/mol. The monoisotopic (exact) mass is 767 g/mol. The van der Waals surface area contributed by atoms with Crippen molar-refractivity contribution >= 4 is 29.4 Å². The van der Waals surface area contributed by atoms with Gasteiger partial charge in [-0.3, -0.25) is 0 Å². The van der Waals surface area contributed by atoms with Gasteiger partial charge in [0.1, 0.15) is 0 Å². The number of rotatable bonds is 7. The predicted molar refractivity (Wildman–Crippen MR) is 209 cm³/mol. The number of nitrogens with zero attached hydrogens (tertiary/aromatic N) is 9. The molecule has 0 N–H and O–H groups in total. The summed E-state index contributed by atoms with van der Waals surface area (Å²) in [5.41, 5.74) is 6.40. The van der Waals surface area contributed by atoms with Crippen molar-refractivity contribution in [1.82, 2.24) is 29.1 Å². The molecule has 2 fully saturated rings. The van der Waals surface area contributed by atoms with Gasteiger partial charge in [-0.1, -0.05) is 126 Å². The second-order valence-corrected chi connectivity index (χ2v) is 25.6. The van der Waals surface area contributed by atoms with Crippen LogP contribution in [0.4, 0.5) is 0 Å². The first-order valence-electron chi connectivity index (χ1n) is 18.2. The molecule has 5 rings (SSSR count). The molecule has 48 heavy (non-hydrogen) atoms. The third kappa shape index (κ3) is 14.5. The number of aromatic nitrogens is 6. The van der Waals surface area contributed by atoms with E-state index < -0.39 is 23.6 Å². The van der Waals surface area contributed by atoms with E-state index in [1.165, 1.54) is 64.2 Å². The van der Waals surface area contributed by atoms with E-state index in [2.05, 4.69) is 99.0 Å². The molecular formula is C35H65BN9Si2Y. The van der Waals surface area contributed by atoms with Crippen molar-refractivity contribution in [2.75, 3.05) is 0 Å². The van der Waals surface area contributed by atoms with E-state index in [1.54, 1.807) is 0 Å². The van der Waals surface area contributed by atoms with Gasteiger partial charge in [-0.2, -0.15) is 0 Å². The molecule has 0 aliphatic heterocycles. The van der Waals surface area contributed by atoms with Crippen molar-refractivity contribution in [3.05, 3.63) is 62.3 Å². The Balaban J connectivity index is 0.000000271. The fourth-order valence-electron chi connectivity index (χ4n) is 7.25. The van der Waals surface area contributed by atoms with Crippen molar-refractivity contribution < 1.29 is 32.7 Å². The minimum absolute atomic E-state index is 0. The number of aliphatic imine (C=N–C) groups is 1. The summed E-state index contributed by atoms with van der Waals surface area (Å²) in [6.07, 6.45) is 13.4. The van der Waals surface area contributed by atoms with Crippen LogP contribution in [0.15, 0.2) is 23.2 Å². The van der Waals surface area contributed by atoms with Crippen LogP contribution in [-0.2, 0) is 32.7 Å². The summed E-state index contributed by atoms with van der Waals surface area (Å²) >= 11 is 0. The molecule has 3 aromatic rings. The summed E-state index contributed by atoms with van der Waals surface area (Å²) < 4.78 is 11.0. The van der Waals surface area contributed by atoms with Gasteiger partial charge in [0.2, 0.25) is 0 Å². The molecule has 3 aromatic heterocycles. The third-order valence-electron chi connectivity index (χ3n) is 8.67. The average Bonchev–Trinajstić information content (AvgIpc) is 3.58. The smallest absolute Gasteiger partial charge is 0.668 e. The molecule has 264 valence electrons. The molecule has 0 spiro atoms. The molecule has 0 atom stereocenters.